The topological polar surface area (TPSA) is 53.1 Å². The minimum absolute atomic E-state index is 0.320. The molecular formula is C16H19N3OS. The van der Waals surface area contributed by atoms with Crippen LogP contribution >= 0.6 is 11.3 Å². The van der Waals surface area contributed by atoms with Gasteiger partial charge in [0.05, 0.1) is 28.0 Å². The Kier molecular flexibility index (Phi) is 3.37. The first kappa shape index (κ1) is 13.9. The van der Waals surface area contributed by atoms with Crippen LogP contribution in [0.1, 0.15) is 25.5 Å². The lowest BCUT2D eigenvalue weighted by molar-refractivity contribution is 0.415. The van der Waals surface area contributed by atoms with Crippen molar-refractivity contribution in [3.63, 3.8) is 0 Å². The molecule has 0 spiro atoms. The molecule has 0 fully saturated rings. The summed E-state index contributed by atoms with van der Waals surface area (Å²) in [4.78, 5) is 5.96. The van der Waals surface area contributed by atoms with Gasteiger partial charge in [-0.3, -0.25) is 0 Å². The van der Waals surface area contributed by atoms with E-state index in [9.17, 15) is 0 Å². The number of nitrogen functional groups attached to an aromatic ring is 1. The smallest absolute Gasteiger partial charge is 0.151 e. The minimum atomic E-state index is 0.320. The average molecular weight is 301 g/mol. The quantitative estimate of drug-likeness (QED) is 0.787. The molecule has 2 N–H and O–H groups in total. The van der Waals surface area contributed by atoms with E-state index in [1.165, 1.54) is 5.56 Å². The van der Waals surface area contributed by atoms with Crippen LogP contribution in [0.25, 0.3) is 21.7 Å². The fraction of sp³-hybridized carbons (Fsp3) is 0.312. The Morgan fingerprint density at radius 2 is 2.05 bits per heavy atom. The van der Waals surface area contributed by atoms with Gasteiger partial charge in [0.15, 0.2) is 5.82 Å². The predicted octanol–water partition coefficient (Wildman–Crippen LogP) is 4.24. The number of nitrogens with two attached hydrogens (primary N) is 1. The summed E-state index contributed by atoms with van der Waals surface area (Å²) in [6.07, 6.45) is 0. The molecule has 3 aromatic rings. The van der Waals surface area contributed by atoms with Crippen LogP contribution in [0, 0.1) is 6.92 Å². The zero-order valence-electron chi connectivity index (χ0n) is 12.7. The number of nitrogens with zero attached hydrogens (tertiary/aromatic N) is 2. The highest BCUT2D eigenvalue weighted by Crippen LogP contribution is 2.37. The summed E-state index contributed by atoms with van der Waals surface area (Å²) < 4.78 is 7.56. The minimum Gasteiger partial charge on any atom is -0.497 e. The highest BCUT2D eigenvalue weighted by Gasteiger charge is 2.18. The number of rotatable bonds is 3. The number of aryl methyl sites for hydroxylation is 1. The Labute approximate surface area is 128 Å². The lowest BCUT2D eigenvalue weighted by atomic mass is 10.2. The third-order valence-electron chi connectivity index (χ3n) is 3.55. The molecule has 2 heterocycles. The second-order valence-corrected chi connectivity index (χ2v) is 6.50. The van der Waals surface area contributed by atoms with E-state index < -0.39 is 0 Å². The number of anilines is 1. The van der Waals surface area contributed by atoms with Gasteiger partial charge in [-0.1, -0.05) is 0 Å². The molecule has 3 rings (SSSR count). The highest BCUT2D eigenvalue weighted by molar-refractivity contribution is 7.19. The molecule has 0 bridgehead atoms. The van der Waals surface area contributed by atoms with E-state index in [1.807, 2.05) is 18.2 Å². The van der Waals surface area contributed by atoms with Crippen molar-refractivity contribution in [3.8, 4) is 16.5 Å². The van der Waals surface area contributed by atoms with Crippen LogP contribution in [0.5, 0.6) is 5.75 Å². The van der Waals surface area contributed by atoms with Crippen molar-refractivity contribution in [3.05, 3.63) is 29.8 Å². The van der Waals surface area contributed by atoms with Crippen molar-refractivity contribution in [2.75, 3.05) is 12.8 Å². The summed E-state index contributed by atoms with van der Waals surface area (Å²) in [6.45, 7) is 6.41. The molecule has 21 heavy (non-hydrogen) atoms. The number of imidazole rings is 1. The molecule has 0 aliphatic rings. The lowest BCUT2D eigenvalue weighted by Crippen LogP contribution is -2.02. The molecule has 4 nitrogen and oxygen atoms in total. The molecule has 0 unspecified atom stereocenters. The standard InChI is InChI=1S/C16H19N3OS/c1-9(2)19-13-6-5-11(20-4)8-12(13)18-16(19)15-10(3)7-14(17)21-15/h5-9H,17H2,1-4H3. The van der Waals surface area contributed by atoms with Crippen LogP contribution in [0.2, 0.25) is 0 Å². The molecule has 0 saturated carbocycles. The van der Waals surface area contributed by atoms with Gasteiger partial charge < -0.3 is 15.0 Å². The van der Waals surface area contributed by atoms with Gasteiger partial charge in [-0.2, -0.15) is 0 Å². The first-order valence-corrected chi connectivity index (χ1v) is 7.75. The summed E-state index contributed by atoms with van der Waals surface area (Å²) in [6, 6.07) is 8.34. The van der Waals surface area contributed by atoms with Crippen molar-refractivity contribution in [1.82, 2.24) is 9.55 Å². The molecule has 110 valence electrons. The van der Waals surface area contributed by atoms with Crippen molar-refractivity contribution in [1.29, 1.82) is 0 Å². The summed E-state index contributed by atoms with van der Waals surface area (Å²) in [7, 11) is 1.67. The van der Waals surface area contributed by atoms with Gasteiger partial charge in [0.2, 0.25) is 0 Å². The first-order chi connectivity index (χ1) is 10.0. The van der Waals surface area contributed by atoms with Crippen molar-refractivity contribution < 1.29 is 4.74 Å². The number of ether oxygens (including phenoxy) is 1. The fourth-order valence-corrected chi connectivity index (χ4v) is 3.54. The van der Waals surface area contributed by atoms with Crippen LogP contribution in [0.3, 0.4) is 0 Å². The second-order valence-electron chi connectivity index (χ2n) is 5.41. The van der Waals surface area contributed by atoms with Gasteiger partial charge in [0.25, 0.3) is 0 Å². The van der Waals surface area contributed by atoms with Gasteiger partial charge in [-0.25, -0.2) is 4.98 Å². The number of thiophene rings is 1. The van der Waals surface area contributed by atoms with Crippen molar-refractivity contribution in [2.45, 2.75) is 26.8 Å². The summed E-state index contributed by atoms with van der Waals surface area (Å²) in [5, 5.41) is 0.822. The Morgan fingerprint density at radius 3 is 2.62 bits per heavy atom. The van der Waals surface area contributed by atoms with E-state index >= 15 is 0 Å². The maximum absolute atomic E-state index is 5.94. The molecule has 0 amide bonds. The van der Waals surface area contributed by atoms with E-state index in [0.717, 1.165) is 32.5 Å². The molecule has 0 aliphatic carbocycles. The van der Waals surface area contributed by atoms with E-state index in [-0.39, 0.29) is 0 Å². The third-order valence-corrected chi connectivity index (χ3v) is 4.62. The molecule has 0 atom stereocenters. The molecular weight excluding hydrogens is 282 g/mol. The lowest BCUT2D eigenvalue weighted by Gasteiger charge is -2.12. The van der Waals surface area contributed by atoms with Crippen LogP contribution in [0.4, 0.5) is 5.00 Å². The van der Waals surface area contributed by atoms with E-state index in [4.69, 9.17) is 15.5 Å². The predicted molar refractivity (Wildman–Crippen MR) is 89.1 cm³/mol. The van der Waals surface area contributed by atoms with Crippen LogP contribution in [-0.4, -0.2) is 16.7 Å². The monoisotopic (exact) mass is 301 g/mol. The summed E-state index contributed by atoms with van der Waals surface area (Å²) in [5.41, 5.74) is 9.18. The average Bonchev–Trinajstić information content (AvgIpc) is 2.97. The van der Waals surface area contributed by atoms with Gasteiger partial charge >= 0.3 is 0 Å². The van der Waals surface area contributed by atoms with E-state index in [0.29, 0.717) is 6.04 Å². The first-order valence-electron chi connectivity index (χ1n) is 6.93. The fourth-order valence-electron chi connectivity index (χ4n) is 2.62. The number of hydrogen-bond acceptors (Lipinski definition) is 4. The van der Waals surface area contributed by atoms with Crippen LogP contribution < -0.4 is 10.5 Å². The zero-order valence-corrected chi connectivity index (χ0v) is 13.5. The number of benzene rings is 1. The molecule has 1 aromatic carbocycles. The SMILES string of the molecule is COc1ccc2c(c1)nc(-c1sc(N)cc1C)n2C(C)C. The molecule has 0 radical (unpaired) electrons. The summed E-state index contributed by atoms with van der Waals surface area (Å²) >= 11 is 1.59. The molecule has 5 heteroatoms. The normalized spacial score (nSPS) is 11.5. The molecule has 0 aliphatic heterocycles. The maximum Gasteiger partial charge on any atom is 0.151 e. The van der Waals surface area contributed by atoms with Crippen molar-refractivity contribution >= 4 is 27.4 Å². The van der Waals surface area contributed by atoms with Gasteiger partial charge in [-0.15, -0.1) is 11.3 Å². The number of fused-ring (bicyclic) bond motifs is 1. The Bertz CT molecular complexity index is 801. The zero-order chi connectivity index (χ0) is 15.1. The number of aromatic nitrogens is 2. The van der Waals surface area contributed by atoms with Crippen LogP contribution in [-0.2, 0) is 0 Å². The second kappa shape index (κ2) is 5.07. The van der Waals surface area contributed by atoms with Gasteiger partial charge in [0.1, 0.15) is 5.75 Å². The van der Waals surface area contributed by atoms with Crippen molar-refractivity contribution in [2.24, 2.45) is 0 Å². The van der Waals surface area contributed by atoms with E-state index in [1.54, 1.807) is 18.4 Å². The number of methoxy groups -OCH3 is 1. The van der Waals surface area contributed by atoms with E-state index in [2.05, 4.69) is 31.4 Å². The van der Waals surface area contributed by atoms with Crippen LogP contribution in [0.15, 0.2) is 24.3 Å². The number of hydrogen-bond donors (Lipinski definition) is 1. The summed E-state index contributed by atoms with van der Waals surface area (Å²) in [5.74, 6) is 1.80. The highest BCUT2D eigenvalue weighted by atomic mass is 32.1. The largest absolute Gasteiger partial charge is 0.497 e. The maximum atomic E-state index is 5.94. The Balaban J connectivity index is 2.31. The Morgan fingerprint density at radius 1 is 1.29 bits per heavy atom. The molecule has 2 aromatic heterocycles. The third kappa shape index (κ3) is 2.27. The van der Waals surface area contributed by atoms with Gasteiger partial charge in [-0.05, 0) is 44.5 Å². The van der Waals surface area contributed by atoms with Gasteiger partial charge in [0, 0.05) is 12.1 Å². The molecule has 0 saturated heterocycles. The Hall–Kier alpha value is -2.01.